The second-order valence-electron chi connectivity index (χ2n) is 7.61. The topological polar surface area (TPSA) is 92.3 Å². The number of nitrogens with zero attached hydrogens (tertiary/aromatic N) is 3. The van der Waals surface area contributed by atoms with Crippen molar-refractivity contribution >= 4 is 44.6 Å². The summed E-state index contributed by atoms with van der Waals surface area (Å²) in [5.41, 5.74) is 1.67. The average molecular weight is 491 g/mol. The molecule has 1 aromatic heterocycles. The minimum Gasteiger partial charge on any atom is -0.320 e. The van der Waals surface area contributed by atoms with E-state index in [-0.39, 0.29) is 16.8 Å². The summed E-state index contributed by atoms with van der Waals surface area (Å²) in [4.78, 5) is 12.8. The second kappa shape index (κ2) is 9.66. The number of aryl methyl sites for hydroxylation is 1. The molecule has 2 heterocycles. The Morgan fingerprint density at radius 1 is 1.22 bits per heavy atom. The van der Waals surface area contributed by atoms with Gasteiger partial charge in [-0.25, -0.2) is 8.42 Å². The minimum atomic E-state index is -3.58. The molecule has 32 heavy (non-hydrogen) atoms. The SMILES string of the molecule is CCc1ccc(S(=O)(=O)N2CCCC(c3nnc(C(=O)Nc4cccc(Cl)c4)s3)C2)cc1. The molecule has 4 rings (SSSR count). The number of halogens is 1. The zero-order chi connectivity index (χ0) is 22.7. The highest BCUT2D eigenvalue weighted by molar-refractivity contribution is 7.89. The largest absolute Gasteiger partial charge is 0.320 e. The molecule has 0 radical (unpaired) electrons. The number of carbonyl (C=O) groups is 1. The highest BCUT2D eigenvalue weighted by Gasteiger charge is 2.32. The molecule has 0 saturated carbocycles. The number of hydrogen-bond donors (Lipinski definition) is 1. The third kappa shape index (κ3) is 5.01. The number of sulfonamides is 1. The summed E-state index contributed by atoms with van der Waals surface area (Å²) in [5.74, 6) is -0.467. The Kier molecular flexibility index (Phi) is 6.90. The van der Waals surface area contributed by atoms with Crippen LogP contribution in [0.25, 0.3) is 0 Å². The van der Waals surface area contributed by atoms with Crippen LogP contribution in [-0.2, 0) is 16.4 Å². The molecule has 1 aliphatic rings. The van der Waals surface area contributed by atoms with E-state index in [1.807, 2.05) is 19.1 Å². The van der Waals surface area contributed by atoms with Crippen molar-refractivity contribution in [3.8, 4) is 0 Å². The molecule has 10 heteroatoms. The van der Waals surface area contributed by atoms with Gasteiger partial charge in [-0.3, -0.25) is 4.79 Å². The van der Waals surface area contributed by atoms with Crippen molar-refractivity contribution in [2.75, 3.05) is 18.4 Å². The first kappa shape index (κ1) is 22.8. The lowest BCUT2D eigenvalue weighted by Gasteiger charge is -2.30. The van der Waals surface area contributed by atoms with Gasteiger partial charge >= 0.3 is 0 Å². The van der Waals surface area contributed by atoms with Crippen molar-refractivity contribution in [3.05, 3.63) is 69.1 Å². The van der Waals surface area contributed by atoms with E-state index in [2.05, 4.69) is 15.5 Å². The Labute approximate surface area is 196 Å². The molecule has 2 aromatic carbocycles. The van der Waals surface area contributed by atoms with Gasteiger partial charge in [-0.05, 0) is 55.2 Å². The molecule has 1 amide bonds. The lowest BCUT2D eigenvalue weighted by Crippen LogP contribution is -2.39. The normalized spacial score (nSPS) is 17.2. The van der Waals surface area contributed by atoms with Crippen LogP contribution in [0.3, 0.4) is 0 Å². The summed E-state index contributed by atoms with van der Waals surface area (Å²) >= 11 is 7.15. The van der Waals surface area contributed by atoms with Crippen LogP contribution in [0, 0.1) is 0 Å². The maximum absolute atomic E-state index is 13.1. The monoisotopic (exact) mass is 490 g/mol. The van der Waals surface area contributed by atoms with E-state index in [0.29, 0.717) is 33.7 Å². The first-order chi connectivity index (χ1) is 15.4. The first-order valence-corrected chi connectivity index (χ1v) is 13.0. The summed E-state index contributed by atoms with van der Waals surface area (Å²) in [5, 5.41) is 12.4. The fourth-order valence-corrected chi connectivity index (χ4v) is 6.23. The highest BCUT2D eigenvalue weighted by atomic mass is 35.5. The molecule has 1 fully saturated rings. The summed E-state index contributed by atoms with van der Waals surface area (Å²) in [6, 6.07) is 13.9. The summed E-state index contributed by atoms with van der Waals surface area (Å²) in [6.07, 6.45) is 2.38. The van der Waals surface area contributed by atoms with Crippen LogP contribution in [0.2, 0.25) is 5.02 Å². The average Bonchev–Trinajstić information content (AvgIpc) is 3.30. The Hall–Kier alpha value is -2.33. The number of amides is 1. The number of carbonyl (C=O) groups excluding carboxylic acids is 1. The standard InChI is InChI=1S/C22H23ClN4O3S2/c1-2-15-8-10-19(11-9-15)32(29,30)27-12-4-5-16(14-27)21-25-26-22(31-21)20(28)24-18-7-3-6-17(23)13-18/h3,6-11,13,16H,2,4-5,12,14H2,1H3,(H,24,28). The van der Waals surface area contributed by atoms with Gasteiger partial charge in [-0.1, -0.05) is 48.1 Å². The van der Waals surface area contributed by atoms with Gasteiger partial charge in [-0.2, -0.15) is 4.31 Å². The molecule has 0 aliphatic carbocycles. The maximum atomic E-state index is 13.1. The molecule has 1 atom stereocenters. The zero-order valence-corrected chi connectivity index (χ0v) is 19.9. The van der Waals surface area contributed by atoms with Crippen molar-refractivity contribution in [1.29, 1.82) is 0 Å². The number of aromatic nitrogens is 2. The van der Waals surface area contributed by atoms with Crippen LogP contribution in [0.15, 0.2) is 53.4 Å². The van der Waals surface area contributed by atoms with Gasteiger partial charge in [0.2, 0.25) is 15.0 Å². The van der Waals surface area contributed by atoms with Gasteiger partial charge in [0.15, 0.2) is 0 Å². The predicted octanol–water partition coefficient (Wildman–Crippen LogP) is 4.57. The number of piperidine rings is 1. The van der Waals surface area contributed by atoms with E-state index in [0.717, 1.165) is 24.8 Å². The van der Waals surface area contributed by atoms with Crippen LogP contribution in [0.4, 0.5) is 5.69 Å². The molecule has 1 saturated heterocycles. The zero-order valence-electron chi connectivity index (χ0n) is 17.5. The van der Waals surface area contributed by atoms with E-state index < -0.39 is 10.0 Å². The number of benzene rings is 2. The van der Waals surface area contributed by atoms with Crippen molar-refractivity contribution in [2.45, 2.75) is 37.0 Å². The van der Waals surface area contributed by atoms with E-state index in [1.165, 1.54) is 15.6 Å². The van der Waals surface area contributed by atoms with Gasteiger partial charge in [0, 0.05) is 29.7 Å². The van der Waals surface area contributed by atoms with E-state index in [4.69, 9.17) is 11.6 Å². The highest BCUT2D eigenvalue weighted by Crippen LogP contribution is 2.32. The Bertz CT molecular complexity index is 1210. The number of anilines is 1. The van der Waals surface area contributed by atoms with Crippen molar-refractivity contribution in [1.82, 2.24) is 14.5 Å². The molecular formula is C22H23ClN4O3S2. The second-order valence-corrected chi connectivity index (χ2v) is 11.0. The lowest BCUT2D eigenvalue weighted by atomic mass is 10.0. The number of hydrogen-bond acceptors (Lipinski definition) is 6. The number of rotatable bonds is 6. The molecule has 0 bridgehead atoms. The molecule has 1 aliphatic heterocycles. The van der Waals surface area contributed by atoms with E-state index >= 15 is 0 Å². The summed E-state index contributed by atoms with van der Waals surface area (Å²) in [6.45, 7) is 2.82. The summed E-state index contributed by atoms with van der Waals surface area (Å²) < 4.78 is 27.8. The maximum Gasteiger partial charge on any atom is 0.286 e. The smallest absolute Gasteiger partial charge is 0.286 e. The fourth-order valence-electron chi connectivity index (χ4n) is 3.65. The van der Waals surface area contributed by atoms with Gasteiger partial charge in [0.05, 0.1) is 4.90 Å². The van der Waals surface area contributed by atoms with E-state index in [9.17, 15) is 13.2 Å². The third-order valence-corrected chi connectivity index (χ3v) is 8.62. The predicted molar refractivity (Wildman–Crippen MR) is 126 cm³/mol. The van der Waals surface area contributed by atoms with Crippen LogP contribution in [0.1, 0.15) is 46.1 Å². The van der Waals surface area contributed by atoms with E-state index in [1.54, 1.807) is 36.4 Å². The molecule has 7 nitrogen and oxygen atoms in total. The molecule has 1 N–H and O–H groups in total. The van der Waals surface area contributed by atoms with Crippen LogP contribution in [0.5, 0.6) is 0 Å². The lowest BCUT2D eigenvalue weighted by molar-refractivity contribution is 0.102. The fraction of sp³-hybridized carbons (Fsp3) is 0.318. The van der Waals surface area contributed by atoms with Gasteiger partial charge in [0.1, 0.15) is 5.01 Å². The Balaban J connectivity index is 1.46. The van der Waals surface area contributed by atoms with Gasteiger partial charge < -0.3 is 5.32 Å². The van der Waals surface area contributed by atoms with Crippen molar-refractivity contribution in [2.24, 2.45) is 0 Å². The number of nitrogens with one attached hydrogen (secondary N) is 1. The van der Waals surface area contributed by atoms with Crippen LogP contribution < -0.4 is 5.32 Å². The third-order valence-electron chi connectivity index (χ3n) is 5.42. The minimum absolute atomic E-state index is 0.0985. The molecule has 0 spiro atoms. The summed E-state index contributed by atoms with van der Waals surface area (Å²) in [7, 11) is -3.58. The van der Waals surface area contributed by atoms with Gasteiger partial charge in [-0.15, -0.1) is 10.2 Å². The van der Waals surface area contributed by atoms with Gasteiger partial charge in [0.25, 0.3) is 5.91 Å². The molecular weight excluding hydrogens is 468 g/mol. The molecule has 1 unspecified atom stereocenters. The van der Waals surface area contributed by atoms with Crippen LogP contribution in [-0.4, -0.2) is 41.9 Å². The van der Waals surface area contributed by atoms with Crippen molar-refractivity contribution in [3.63, 3.8) is 0 Å². The Morgan fingerprint density at radius 2 is 2.00 bits per heavy atom. The molecule has 168 valence electrons. The first-order valence-electron chi connectivity index (χ1n) is 10.4. The molecule has 3 aromatic rings. The quantitative estimate of drug-likeness (QED) is 0.546. The van der Waals surface area contributed by atoms with Crippen LogP contribution >= 0.6 is 22.9 Å². The Morgan fingerprint density at radius 3 is 2.72 bits per heavy atom. The van der Waals surface area contributed by atoms with Crippen molar-refractivity contribution < 1.29 is 13.2 Å².